The van der Waals surface area contributed by atoms with Crippen molar-refractivity contribution in [1.29, 1.82) is 0 Å². The van der Waals surface area contributed by atoms with Gasteiger partial charge in [0, 0.05) is 36.8 Å². The van der Waals surface area contributed by atoms with Crippen LogP contribution in [0.5, 0.6) is 11.5 Å². The predicted octanol–water partition coefficient (Wildman–Crippen LogP) is 5.46. The van der Waals surface area contributed by atoms with Crippen LogP contribution in [0.2, 0.25) is 0 Å². The second-order valence-corrected chi connectivity index (χ2v) is 10.3. The van der Waals surface area contributed by atoms with Crippen LogP contribution in [0.3, 0.4) is 0 Å². The fourth-order valence-electron chi connectivity index (χ4n) is 5.08. The first kappa shape index (κ1) is 30.0. The van der Waals surface area contributed by atoms with Gasteiger partial charge in [0.05, 0.1) is 30.9 Å². The smallest absolute Gasteiger partial charge is 0.331 e. The van der Waals surface area contributed by atoms with Gasteiger partial charge in [-0.15, -0.1) is 0 Å². The number of aliphatic carboxylic acids is 2. The molecule has 42 heavy (non-hydrogen) atoms. The van der Waals surface area contributed by atoms with E-state index >= 15 is 0 Å². The van der Waals surface area contributed by atoms with E-state index in [-0.39, 0.29) is 17.9 Å². The summed E-state index contributed by atoms with van der Waals surface area (Å²) in [6.07, 6.45) is 6.40. The molecule has 9 heteroatoms. The highest BCUT2D eigenvalue weighted by Gasteiger charge is 2.37. The van der Waals surface area contributed by atoms with Crippen molar-refractivity contribution in [2.45, 2.75) is 32.7 Å². The number of allylic oxidation sites excluding steroid dienone is 2. The van der Waals surface area contributed by atoms with E-state index in [1.165, 1.54) is 32.8 Å². The van der Waals surface area contributed by atoms with Gasteiger partial charge in [-0.05, 0) is 67.3 Å². The molecule has 2 heterocycles. The fourth-order valence-corrected chi connectivity index (χ4v) is 5.08. The number of pyridine rings is 1. The minimum absolute atomic E-state index is 0.0281. The normalized spacial score (nSPS) is 17.9. The van der Waals surface area contributed by atoms with Crippen molar-refractivity contribution in [2.75, 3.05) is 20.8 Å². The van der Waals surface area contributed by atoms with Crippen molar-refractivity contribution in [3.8, 4) is 22.8 Å². The molecule has 1 aliphatic carbocycles. The van der Waals surface area contributed by atoms with Crippen LogP contribution in [-0.4, -0.2) is 58.7 Å². The van der Waals surface area contributed by atoms with E-state index in [9.17, 15) is 24.6 Å². The van der Waals surface area contributed by atoms with Gasteiger partial charge in [0.2, 0.25) is 5.91 Å². The van der Waals surface area contributed by atoms with Crippen molar-refractivity contribution in [3.63, 3.8) is 0 Å². The maximum absolute atomic E-state index is 11.6. The maximum atomic E-state index is 11.6. The topological polar surface area (TPSA) is 126 Å². The molecule has 1 atom stereocenters. The zero-order valence-electron chi connectivity index (χ0n) is 23.9. The second kappa shape index (κ2) is 13.2. The maximum Gasteiger partial charge on any atom is 0.331 e. The van der Waals surface area contributed by atoms with E-state index in [0.717, 1.165) is 24.2 Å². The van der Waals surface area contributed by atoms with Crippen molar-refractivity contribution < 1.29 is 34.1 Å². The van der Waals surface area contributed by atoms with Crippen LogP contribution in [-0.2, 0) is 20.9 Å². The summed E-state index contributed by atoms with van der Waals surface area (Å²) in [5, 5.41) is 18.8. The number of nitrogens with zero attached hydrogens (tertiary/aromatic N) is 2. The largest absolute Gasteiger partial charge is 0.496 e. The third-order valence-corrected chi connectivity index (χ3v) is 7.27. The summed E-state index contributed by atoms with van der Waals surface area (Å²) in [5.74, 6) is -1.01. The molecule has 0 radical (unpaired) electrons. The Morgan fingerprint density at radius 3 is 2.29 bits per heavy atom. The Labute approximate surface area is 244 Å². The SMILES string of the molecule is COc1cccc(OC)c1C1=CC(C)(C(=O)O)CC(C(=O)O)=C1.O=C1CCCN1Cc1cccc(-c2ccccn2)c1. The Kier molecular flexibility index (Phi) is 9.42. The molecule has 1 aromatic heterocycles. The number of aromatic nitrogens is 1. The zero-order chi connectivity index (χ0) is 30.3. The standard InChI is InChI=1S/C17H18O6.C16H16N2O/c1-17(16(20)21)8-10(7-11(9-17)15(18)19)14-12(22-2)5-4-6-13(14)23-3;19-16-8-4-10-18(16)12-13-5-3-6-14(11-13)15-7-1-2-9-17-15/h4-8H,9H2,1-3H3,(H,18,19)(H,20,21);1-3,5-7,9,11H,4,8,10,12H2. The lowest BCUT2D eigenvalue weighted by Crippen LogP contribution is -2.29. The summed E-state index contributed by atoms with van der Waals surface area (Å²) in [6.45, 7) is 3.08. The average Bonchev–Trinajstić information content (AvgIpc) is 3.40. The Hall–Kier alpha value is -4.92. The van der Waals surface area contributed by atoms with Gasteiger partial charge in [-0.1, -0.05) is 36.4 Å². The van der Waals surface area contributed by atoms with Crippen molar-refractivity contribution >= 4 is 23.4 Å². The van der Waals surface area contributed by atoms with Crippen LogP contribution in [0.25, 0.3) is 16.8 Å². The Morgan fingerprint density at radius 1 is 1.00 bits per heavy atom. The molecule has 5 rings (SSSR count). The molecular formula is C33H34N2O7. The van der Waals surface area contributed by atoms with E-state index < -0.39 is 17.4 Å². The molecule has 3 aromatic rings. The van der Waals surface area contributed by atoms with E-state index in [1.54, 1.807) is 30.5 Å². The van der Waals surface area contributed by atoms with Gasteiger partial charge in [-0.3, -0.25) is 14.6 Å². The van der Waals surface area contributed by atoms with Gasteiger partial charge in [0.25, 0.3) is 0 Å². The number of rotatable bonds is 8. The number of hydrogen-bond donors (Lipinski definition) is 2. The number of ether oxygens (including phenoxy) is 2. The summed E-state index contributed by atoms with van der Waals surface area (Å²) in [6, 6.07) is 19.3. The molecule has 9 nitrogen and oxygen atoms in total. The first-order valence-electron chi connectivity index (χ1n) is 13.5. The lowest BCUT2D eigenvalue weighted by Gasteiger charge is -2.27. The third-order valence-electron chi connectivity index (χ3n) is 7.27. The summed E-state index contributed by atoms with van der Waals surface area (Å²) >= 11 is 0. The quantitative estimate of drug-likeness (QED) is 0.366. The molecule has 2 N–H and O–H groups in total. The van der Waals surface area contributed by atoms with Gasteiger partial charge < -0.3 is 24.6 Å². The lowest BCUT2D eigenvalue weighted by molar-refractivity contribution is -0.145. The van der Waals surface area contributed by atoms with Gasteiger partial charge in [0.15, 0.2) is 0 Å². The molecule has 0 saturated carbocycles. The third kappa shape index (κ3) is 6.86. The number of methoxy groups -OCH3 is 2. The van der Waals surface area contributed by atoms with Crippen LogP contribution < -0.4 is 9.47 Å². The number of hydrogen-bond acceptors (Lipinski definition) is 6. The highest BCUT2D eigenvalue weighted by atomic mass is 16.5. The molecule has 1 aliphatic heterocycles. The van der Waals surface area contributed by atoms with Crippen LogP contribution in [0, 0.1) is 5.41 Å². The number of amides is 1. The van der Waals surface area contributed by atoms with Gasteiger partial charge >= 0.3 is 11.9 Å². The monoisotopic (exact) mass is 570 g/mol. The molecule has 1 saturated heterocycles. The number of carbonyl (C=O) groups is 3. The highest BCUT2D eigenvalue weighted by Crippen LogP contribution is 2.43. The number of carboxylic acid groups (broad SMARTS) is 2. The van der Waals surface area contributed by atoms with Gasteiger partial charge in [-0.2, -0.15) is 0 Å². The van der Waals surface area contributed by atoms with Crippen LogP contribution in [0.1, 0.15) is 37.3 Å². The number of carbonyl (C=O) groups excluding carboxylic acids is 1. The van der Waals surface area contributed by atoms with Crippen LogP contribution in [0.15, 0.2) is 84.6 Å². The Balaban J connectivity index is 0.000000196. The summed E-state index contributed by atoms with van der Waals surface area (Å²) < 4.78 is 10.6. The highest BCUT2D eigenvalue weighted by molar-refractivity contribution is 5.97. The molecule has 0 spiro atoms. The molecule has 2 aromatic carbocycles. The van der Waals surface area contributed by atoms with E-state index in [0.29, 0.717) is 35.6 Å². The molecule has 1 fully saturated rings. The number of benzene rings is 2. The van der Waals surface area contributed by atoms with E-state index in [2.05, 4.69) is 23.2 Å². The van der Waals surface area contributed by atoms with E-state index in [1.807, 2.05) is 29.2 Å². The lowest BCUT2D eigenvalue weighted by atomic mass is 9.76. The van der Waals surface area contributed by atoms with Gasteiger partial charge in [0.1, 0.15) is 11.5 Å². The van der Waals surface area contributed by atoms with Crippen LogP contribution in [0.4, 0.5) is 0 Å². The average molecular weight is 571 g/mol. The molecule has 218 valence electrons. The molecule has 2 aliphatic rings. The summed E-state index contributed by atoms with van der Waals surface area (Å²) in [5.41, 5.74) is 2.93. The molecule has 0 bridgehead atoms. The van der Waals surface area contributed by atoms with Crippen molar-refractivity contribution in [1.82, 2.24) is 9.88 Å². The minimum atomic E-state index is -1.32. The van der Waals surface area contributed by atoms with Crippen molar-refractivity contribution in [3.05, 3.63) is 95.7 Å². The molecular weight excluding hydrogens is 536 g/mol. The summed E-state index contributed by atoms with van der Waals surface area (Å²) in [7, 11) is 2.97. The Bertz CT molecular complexity index is 1510. The first-order chi connectivity index (χ1) is 20.1. The van der Waals surface area contributed by atoms with Crippen molar-refractivity contribution in [2.24, 2.45) is 5.41 Å². The van der Waals surface area contributed by atoms with Crippen LogP contribution >= 0.6 is 0 Å². The minimum Gasteiger partial charge on any atom is -0.496 e. The van der Waals surface area contributed by atoms with E-state index in [4.69, 9.17) is 9.47 Å². The zero-order valence-corrected chi connectivity index (χ0v) is 23.9. The Morgan fingerprint density at radius 2 is 1.71 bits per heavy atom. The molecule has 1 amide bonds. The fraction of sp³-hybridized carbons (Fsp3) is 0.273. The summed E-state index contributed by atoms with van der Waals surface area (Å²) in [4.78, 5) is 40.9. The molecule has 1 unspecified atom stereocenters. The predicted molar refractivity (Wildman–Crippen MR) is 158 cm³/mol. The second-order valence-electron chi connectivity index (χ2n) is 10.3. The number of likely N-dealkylation sites (tertiary alicyclic amines) is 1. The number of carboxylic acids is 2. The first-order valence-corrected chi connectivity index (χ1v) is 13.5. The van der Waals surface area contributed by atoms with Gasteiger partial charge in [-0.25, -0.2) is 4.79 Å².